The molecule has 1 unspecified atom stereocenters. The zero-order valence-corrected chi connectivity index (χ0v) is 10.6. The maximum atomic E-state index is 9.09. The van der Waals surface area contributed by atoms with Crippen LogP contribution in [-0.4, -0.2) is 50.8 Å². The summed E-state index contributed by atoms with van der Waals surface area (Å²) in [5.41, 5.74) is -0.423. The molecule has 1 aliphatic rings. The Kier molecular flexibility index (Phi) is 5.20. The van der Waals surface area contributed by atoms with Crippen LogP contribution in [0.4, 0.5) is 0 Å². The molecule has 0 aromatic heterocycles. The average molecular weight is 225 g/mol. The van der Waals surface area contributed by atoms with E-state index in [1.165, 1.54) is 12.8 Å². The summed E-state index contributed by atoms with van der Waals surface area (Å²) < 4.78 is 5.18. The van der Waals surface area contributed by atoms with Gasteiger partial charge in [0.2, 0.25) is 0 Å². The molecule has 0 amide bonds. The molecule has 0 aliphatic carbocycles. The van der Waals surface area contributed by atoms with Gasteiger partial charge in [-0.25, -0.2) is 0 Å². The molecule has 1 fully saturated rings. The summed E-state index contributed by atoms with van der Waals surface area (Å²) in [6.45, 7) is 5.78. The van der Waals surface area contributed by atoms with Gasteiger partial charge in [-0.2, -0.15) is 5.26 Å². The minimum atomic E-state index is -0.423. The third-order valence-corrected chi connectivity index (χ3v) is 3.45. The molecule has 0 bridgehead atoms. The number of ether oxygens (including phenoxy) is 1. The first-order chi connectivity index (χ1) is 7.63. The zero-order chi connectivity index (χ0) is 12.0. The summed E-state index contributed by atoms with van der Waals surface area (Å²) in [7, 11) is 3.61. The summed E-state index contributed by atoms with van der Waals surface area (Å²) in [6, 6.07) is 2.33. The minimum absolute atomic E-state index is 0.423. The fourth-order valence-electron chi connectivity index (χ4n) is 2.16. The summed E-state index contributed by atoms with van der Waals surface area (Å²) >= 11 is 0. The van der Waals surface area contributed by atoms with Gasteiger partial charge in [0.05, 0.1) is 6.07 Å². The van der Waals surface area contributed by atoms with Gasteiger partial charge in [-0.05, 0) is 45.8 Å². The first-order valence-electron chi connectivity index (χ1n) is 5.95. The van der Waals surface area contributed by atoms with Crippen LogP contribution in [0.25, 0.3) is 0 Å². The molecule has 16 heavy (non-hydrogen) atoms. The Hall–Kier alpha value is -0.630. The van der Waals surface area contributed by atoms with Gasteiger partial charge in [0.1, 0.15) is 5.54 Å². The van der Waals surface area contributed by atoms with Crippen molar-refractivity contribution >= 4 is 0 Å². The molecule has 0 spiro atoms. The van der Waals surface area contributed by atoms with E-state index in [1.54, 1.807) is 7.11 Å². The van der Waals surface area contributed by atoms with Crippen LogP contribution >= 0.6 is 0 Å². The van der Waals surface area contributed by atoms with E-state index in [-0.39, 0.29) is 0 Å². The van der Waals surface area contributed by atoms with Crippen molar-refractivity contribution in [1.29, 1.82) is 5.26 Å². The van der Waals surface area contributed by atoms with Crippen molar-refractivity contribution in [2.24, 2.45) is 5.92 Å². The number of nitrogens with one attached hydrogen (secondary N) is 1. The van der Waals surface area contributed by atoms with E-state index < -0.39 is 5.54 Å². The zero-order valence-electron chi connectivity index (χ0n) is 10.6. The number of hydrogen-bond acceptors (Lipinski definition) is 4. The van der Waals surface area contributed by atoms with Crippen molar-refractivity contribution in [3.05, 3.63) is 0 Å². The predicted molar refractivity (Wildman–Crippen MR) is 64.1 cm³/mol. The molecule has 0 saturated carbocycles. The number of likely N-dealkylation sites (N-methyl/N-ethyl adjacent to an activating group) is 1. The first kappa shape index (κ1) is 13.4. The van der Waals surface area contributed by atoms with Gasteiger partial charge in [0.15, 0.2) is 0 Å². The van der Waals surface area contributed by atoms with Crippen molar-refractivity contribution in [2.45, 2.75) is 25.3 Å². The molecule has 4 nitrogen and oxygen atoms in total. The summed E-state index contributed by atoms with van der Waals surface area (Å²) in [4.78, 5) is 2.37. The van der Waals surface area contributed by atoms with Gasteiger partial charge in [-0.3, -0.25) is 0 Å². The predicted octanol–water partition coefficient (Wildman–Crippen LogP) is 0.846. The van der Waals surface area contributed by atoms with E-state index in [1.807, 2.05) is 14.0 Å². The van der Waals surface area contributed by atoms with Crippen LogP contribution in [0.3, 0.4) is 0 Å². The van der Waals surface area contributed by atoms with E-state index in [9.17, 15) is 0 Å². The number of rotatable bonds is 5. The maximum Gasteiger partial charge on any atom is 0.116 e. The fourth-order valence-corrected chi connectivity index (χ4v) is 2.16. The van der Waals surface area contributed by atoms with Crippen LogP contribution in [0.5, 0.6) is 0 Å². The normalized spacial score (nSPS) is 22.6. The molecular weight excluding hydrogens is 202 g/mol. The van der Waals surface area contributed by atoms with Crippen LogP contribution in [0.15, 0.2) is 0 Å². The number of nitrogens with zero attached hydrogens (tertiary/aromatic N) is 2. The van der Waals surface area contributed by atoms with Gasteiger partial charge in [0, 0.05) is 20.3 Å². The number of methoxy groups -OCH3 is 1. The third kappa shape index (κ3) is 3.75. The van der Waals surface area contributed by atoms with E-state index in [4.69, 9.17) is 10.00 Å². The van der Waals surface area contributed by atoms with Gasteiger partial charge in [-0.15, -0.1) is 0 Å². The Bertz CT molecular complexity index is 243. The fraction of sp³-hybridized carbons (Fsp3) is 0.917. The Morgan fingerprint density at radius 2 is 2.12 bits per heavy atom. The Morgan fingerprint density at radius 3 is 2.56 bits per heavy atom. The molecule has 1 atom stereocenters. The largest absolute Gasteiger partial charge is 0.384 e. The number of hydrogen-bond donors (Lipinski definition) is 1. The van der Waals surface area contributed by atoms with Gasteiger partial charge in [-0.1, -0.05) is 0 Å². The second kappa shape index (κ2) is 6.19. The van der Waals surface area contributed by atoms with Crippen LogP contribution in [0, 0.1) is 17.2 Å². The van der Waals surface area contributed by atoms with Crippen molar-refractivity contribution < 1.29 is 4.74 Å². The molecular formula is C12H23N3O. The molecule has 92 valence electrons. The topological polar surface area (TPSA) is 48.3 Å². The lowest BCUT2D eigenvalue weighted by Gasteiger charge is -2.35. The highest BCUT2D eigenvalue weighted by Gasteiger charge is 2.27. The Morgan fingerprint density at radius 1 is 1.50 bits per heavy atom. The van der Waals surface area contributed by atoms with E-state index in [0.29, 0.717) is 5.92 Å². The van der Waals surface area contributed by atoms with Crippen molar-refractivity contribution in [1.82, 2.24) is 10.2 Å². The summed E-state index contributed by atoms with van der Waals surface area (Å²) in [6.07, 6.45) is 2.36. The molecule has 0 aromatic carbocycles. The highest BCUT2D eigenvalue weighted by Crippen LogP contribution is 2.18. The van der Waals surface area contributed by atoms with Crippen molar-refractivity contribution in [3.8, 4) is 6.07 Å². The summed E-state index contributed by atoms with van der Waals surface area (Å²) in [5.74, 6) is 0.698. The maximum absolute atomic E-state index is 9.09. The van der Waals surface area contributed by atoms with Crippen LogP contribution in [0.1, 0.15) is 19.8 Å². The molecule has 0 aromatic rings. The smallest absolute Gasteiger partial charge is 0.116 e. The summed E-state index contributed by atoms with van der Waals surface area (Å²) in [5, 5.41) is 12.2. The highest BCUT2D eigenvalue weighted by molar-refractivity contribution is 5.05. The van der Waals surface area contributed by atoms with Gasteiger partial charge >= 0.3 is 0 Å². The number of nitriles is 1. The standard InChI is InChI=1S/C12H23N3O/c1-12(9-13,14-2)10-15-6-4-11(5-7-15)8-16-3/h11,14H,4-8,10H2,1-3H3. The molecule has 4 heteroatoms. The Balaban J connectivity index is 2.35. The van der Waals surface area contributed by atoms with E-state index in [2.05, 4.69) is 16.3 Å². The van der Waals surface area contributed by atoms with E-state index >= 15 is 0 Å². The number of piperidine rings is 1. The highest BCUT2D eigenvalue weighted by atomic mass is 16.5. The molecule has 0 radical (unpaired) electrons. The third-order valence-electron chi connectivity index (χ3n) is 3.45. The lowest BCUT2D eigenvalue weighted by molar-refractivity contribution is 0.0922. The number of likely N-dealkylation sites (tertiary alicyclic amines) is 1. The van der Waals surface area contributed by atoms with Crippen LogP contribution in [0.2, 0.25) is 0 Å². The average Bonchev–Trinajstić information content (AvgIpc) is 2.32. The minimum Gasteiger partial charge on any atom is -0.384 e. The monoisotopic (exact) mass is 225 g/mol. The molecule has 1 N–H and O–H groups in total. The Labute approximate surface area is 98.6 Å². The molecule has 1 aliphatic heterocycles. The second-order valence-corrected chi connectivity index (χ2v) is 4.87. The van der Waals surface area contributed by atoms with Crippen molar-refractivity contribution in [2.75, 3.05) is 40.4 Å². The lowest BCUT2D eigenvalue weighted by Crippen LogP contribution is -2.50. The molecule has 1 heterocycles. The van der Waals surface area contributed by atoms with Crippen LogP contribution < -0.4 is 5.32 Å². The first-order valence-corrected chi connectivity index (χ1v) is 5.95. The SMILES string of the molecule is CNC(C)(C#N)CN1CCC(COC)CC1. The van der Waals surface area contributed by atoms with Gasteiger partial charge < -0.3 is 15.0 Å². The molecule has 1 rings (SSSR count). The van der Waals surface area contributed by atoms with Gasteiger partial charge in [0.25, 0.3) is 0 Å². The lowest BCUT2D eigenvalue weighted by atomic mass is 9.95. The quantitative estimate of drug-likeness (QED) is 0.753. The second-order valence-electron chi connectivity index (χ2n) is 4.87. The van der Waals surface area contributed by atoms with Crippen LogP contribution in [-0.2, 0) is 4.74 Å². The van der Waals surface area contributed by atoms with E-state index in [0.717, 1.165) is 26.2 Å². The molecule has 1 saturated heterocycles. The van der Waals surface area contributed by atoms with Crippen molar-refractivity contribution in [3.63, 3.8) is 0 Å².